The second-order valence-corrected chi connectivity index (χ2v) is 5.47. The van der Waals surface area contributed by atoms with Crippen molar-refractivity contribution < 1.29 is 9.53 Å². The molecule has 1 saturated heterocycles. The fourth-order valence-corrected chi connectivity index (χ4v) is 3.70. The molecule has 84 valence electrons. The van der Waals surface area contributed by atoms with Gasteiger partial charge in [-0.3, -0.25) is 4.79 Å². The fourth-order valence-electron chi connectivity index (χ4n) is 3.70. The molecule has 1 aliphatic heterocycles. The number of rotatable bonds is 0. The quantitative estimate of drug-likeness (QED) is 0.573. The first-order valence-corrected chi connectivity index (χ1v) is 6.53. The van der Waals surface area contributed by atoms with Crippen LogP contribution in [0.5, 0.6) is 0 Å². The van der Waals surface area contributed by atoms with Crippen LogP contribution in [0.1, 0.15) is 64.2 Å². The first kappa shape index (κ1) is 9.83. The smallest absolute Gasteiger partial charge is 0.167 e. The number of hydrogen-bond donors (Lipinski definition) is 0. The van der Waals surface area contributed by atoms with Crippen LogP contribution in [0.2, 0.25) is 0 Å². The molecule has 2 heteroatoms. The van der Waals surface area contributed by atoms with Crippen molar-refractivity contribution in [2.45, 2.75) is 75.4 Å². The van der Waals surface area contributed by atoms with Crippen molar-refractivity contribution in [2.75, 3.05) is 0 Å². The molecule has 3 aliphatic rings. The molecule has 0 radical (unpaired) electrons. The number of ketones is 1. The van der Waals surface area contributed by atoms with Crippen molar-refractivity contribution in [3.05, 3.63) is 0 Å². The molecule has 3 rings (SSSR count). The van der Waals surface area contributed by atoms with Crippen LogP contribution in [-0.2, 0) is 9.53 Å². The minimum atomic E-state index is -0.302. The lowest BCUT2D eigenvalue weighted by Crippen LogP contribution is -2.34. The summed E-state index contributed by atoms with van der Waals surface area (Å²) in [6.45, 7) is 0. The Bertz CT molecular complexity index is 278. The maximum Gasteiger partial charge on any atom is 0.167 e. The first-order valence-electron chi connectivity index (χ1n) is 6.53. The summed E-state index contributed by atoms with van der Waals surface area (Å²) in [5.41, 5.74) is -0.295. The number of carbonyl (C=O) groups excluding carboxylic acids is 1. The molecule has 2 aliphatic carbocycles. The molecule has 2 nitrogen and oxygen atoms in total. The standard InChI is InChI=1S/C13H20O2/c14-11-7-3-1-6-10-13(11)12(15-13)8-4-2-5-9-12/h1-10H2. The molecule has 0 bridgehead atoms. The number of Topliss-reactive ketones (excluding diaryl/α,β-unsaturated/α-hetero) is 1. The number of ether oxygens (including phenoxy) is 1. The van der Waals surface area contributed by atoms with Crippen molar-refractivity contribution in [3.8, 4) is 0 Å². The molecule has 1 heterocycles. The van der Waals surface area contributed by atoms with Crippen LogP contribution in [0, 0.1) is 0 Å². The van der Waals surface area contributed by atoms with Gasteiger partial charge in [0.05, 0.1) is 0 Å². The van der Waals surface area contributed by atoms with E-state index in [2.05, 4.69) is 0 Å². The summed E-state index contributed by atoms with van der Waals surface area (Å²) >= 11 is 0. The number of carbonyl (C=O) groups is 1. The SMILES string of the molecule is O=C1CCCCCC12OC21CCCCC1. The van der Waals surface area contributed by atoms with Gasteiger partial charge < -0.3 is 4.74 Å². The summed E-state index contributed by atoms with van der Waals surface area (Å²) in [6, 6.07) is 0. The van der Waals surface area contributed by atoms with E-state index >= 15 is 0 Å². The third-order valence-electron chi connectivity index (χ3n) is 4.61. The van der Waals surface area contributed by atoms with Gasteiger partial charge in [0.2, 0.25) is 0 Å². The summed E-state index contributed by atoms with van der Waals surface area (Å²) < 4.78 is 6.02. The van der Waals surface area contributed by atoms with Crippen LogP contribution in [0.25, 0.3) is 0 Å². The molecule has 0 aromatic rings. The van der Waals surface area contributed by atoms with Crippen molar-refractivity contribution in [2.24, 2.45) is 0 Å². The third kappa shape index (κ3) is 1.30. The maximum absolute atomic E-state index is 12.1. The molecular weight excluding hydrogens is 188 g/mol. The van der Waals surface area contributed by atoms with E-state index in [4.69, 9.17) is 4.74 Å². The topological polar surface area (TPSA) is 29.6 Å². The van der Waals surface area contributed by atoms with E-state index in [0.29, 0.717) is 5.78 Å². The fraction of sp³-hybridized carbons (Fsp3) is 0.923. The Morgan fingerprint density at radius 1 is 0.867 bits per heavy atom. The van der Waals surface area contributed by atoms with Gasteiger partial charge in [-0.1, -0.05) is 25.7 Å². The van der Waals surface area contributed by atoms with Crippen LogP contribution < -0.4 is 0 Å². The van der Waals surface area contributed by atoms with Crippen LogP contribution in [0.3, 0.4) is 0 Å². The lowest BCUT2D eigenvalue weighted by Gasteiger charge is -2.22. The zero-order chi connectivity index (χ0) is 10.4. The van der Waals surface area contributed by atoms with Crippen molar-refractivity contribution >= 4 is 5.78 Å². The lowest BCUT2D eigenvalue weighted by atomic mass is 9.76. The number of hydrogen-bond acceptors (Lipinski definition) is 2. The van der Waals surface area contributed by atoms with Gasteiger partial charge in [-0.15, -0.1) is 0 Å². The summed E-state index contributed by atoms with van der Waals surface area (Å²) in [5, 5.41) is 0. The molecule has 0 amide bonds. The second-order valence-electron chi connectivity index (χ2n) is 5.47. The van der Waals surface area contributed by atoms with Crippen LogP contribution in [-0.4, -0.2) is 17.0 Å². The summed E-state index contributed by atoms with van der Waals surface area (Å²) in [7, 11) is 0. The zero-order valence-corrected chi connectivity index (χ0v) is 9.39. The van der Waals surface area contributed by atoms with Gasteiger partial charge in [0.15, 0.2) is 11.4 Å². The largest absolute Gasteiger partial charge is 0.354 e. The molecule has 0 aromatic carbocycles. The minimum Gasteiger partial charge on any atom is -0.354 e. The highest BCUT2D eigenvalue weighted by Crippen LogP contribution is 2.60. The Kier molecular flexibility index (Phi) is 2.17. The van der Waals surface area contributed by atoms with Gasteiger partial charge in [0, 0.05) is 6.42 Å². The van der Waals surface area contributed by atoms with E-state index in [1.807, 2.05) is 0 Å². The molecule has 1 atom stereocenters. The maximum atomic E-state index is 12.1. The predicted molar refractivity (Wildman–Crippen MR) is 57.7 cm³/mol. The minimum absolute atomic E-state index is 0.00662. The van der Waals surface area contributed by atoms with Gasteiger partial charge >= 0.3 is 0 Å². The molecule has 0 aromatic heterocycles. The van der Waals surface area contributed by atoms with E-state index < -0.39 is 0 Å². The molecule has 2 spiro atoms. The first-order chi connectivity index (χ1) is 7.29. The Morgan fingerprint density at radius 2 is 1.53 bits per heavy atom. The van der Waals surface area contributed by atoms with Gasteiger partial charge in [0.25, 0.3) is 0 Å². The van der Waals surface area contributed by atoms with E-state index in [1.54, 1.807) is 0 Å². The van der Waals surface area contributed by atoms with Crippen LogP contribution in [0.15, 0.2) is 0 Å². The van der Waals surface area contributed by atoms with Gasteiger partial charge in [-0.05, 0) is 32.1 Å². The average Bonchev–Trinajstić information content (AvgIpc) is 2.91. The van der Waals surface area contributed by atoms with E-state index in [9.17, 15) is 4.79 Å². The highest BCUT2D eigenvalue weighted by molar-refractivity contribution is 5.92. The second kappa shape index (κ2) is 3.31. The molecule has 0 N–H and O–H groups in total. The Hall–Kier alpha value is -0.370. The van der Waals surface area contributed by atoms with Gasteiger partial charge in [0.1, 0.15) is 5.60 Å². The van der Waals surface area contributed by atoms with E-state index in [0.717, 1.165) is 32.1 Å². The summed E-state index contributed by atoms with van der Waals surface area (Å²) in [6.07, 6.45) is 11.4. The third-order valence-corrected chi connectivity index (χ3v) is 4.61. The Balaban J connectivity index is 1.82. The molecule has 3 fully saturated rings. The average molecular weight is 208 g/mol. The zero-order valence-electron chi connectivity index (χ0n) is 9.39. The van der Waals surface area contributed by atoms with E-state index in [1.165, 1.54) is 32.1 Å². The number of fused-ring (bicyclic) bond motifs is 1. The Labute approximate surface area is 91.4 Å². The van der Waals surface area contributed by atoms with Crippen LogP contribution in [0.4, 0.5) is 0 Å². The lowest BCUT2D eigenvalue weighted by molar-refractivity contribution is -0.124. The van der Waals surface area contributed by atoms with Crippen molar-refractivity contribution in [3.63, 3.8) is 0 Å². The molecule has 15 heavy (non-hydrogen) atoms. The highest BCUT2D eigenvalue weighted by Gasteiger charge is 2.72. The molecule has 1 unspecified atom stereocenters. The van der Waals surface area contributed by atoms with Gasteiger partial charge in [-0.25, -0.2) is 0 Å². The van der Waals surface area contributed by atoms with Crippen LogP contribution >= 0.6 is 0 Å². The summed E-state index contributed by atoms with van der Waals surface area (Å²) in [5.74, 6) is 0.418. The predicted octanol–water partition coefficient (Wildman–Crippen LogP) is 2.99. The van der Waals surface area contributed by atoms with Crippen molar-refractivity contribution in [1.82, 2.24) is 0 Å². The summed E-state index contributed by atoms with van der Waals surface area (Å²) in [4.78, 5) is 12.1. The van der Waals surface area contributed by atoms with E-state index in [-0.39, 0.29) is 11.2 Å². The monoisotopic (exact) mass is 208 g/mol. The Morgan fingerprint density at radius 3 is 2.33 bits per heavy atom. The molecule has 2 saturated carbocycles. The number of epoxide rings is 1. The molecular formula is C13H20O2. The van der Waals surface area contributed by atoms with Crippen molar-refractivity contribution in [1.29, 1.82) is 0 Å². The normalized spacial score (nSPS) is 39.3. The highest BCUT2D eigenvalue weighted by atomic mass is 16.6. The van der Waals surface area contributed by atoms with Gasteiger partial charge in [-0.2, -0.15) is 0 Å².